The van der Waals surface area contributed by atoms with Crippen molar-refractivity contribution in [3.63, 3.8) is 0 Å². The highest BCUT2D eigenvalue weighted by Crippen LogP contribution is 2.28. The summed E-state index contributed by atoms with van der Waals surface area (Å²) in [6.45, 7) is 5.18. The first-order valence-electron chi connectivity index (χ1n) is 15.9. The van der Waals surface area contributed by atoms with Gasteiger partial charge in [0.05, 0.1) is 13.1 Å². The Labute approximate surface area is 263 Å². The lowest BCUT2D eigenvalue weighted by molar-refractivity contribution is -0.144. The Morgan fingerprint density at radius 3 is 2.31 bits per heavy atom. The van der Waals surface area contributed by atoms with Gasteiger partial charge in [-0.3, -0.25) is 14.5 Å². The fourth-order valence-corrected chi connectivity index (χ4v) is 6.12. The third-order valence-electron chi connectivity index (χ3n) is 8.39. The minimum absolute atomic E-state index is 0.0301. The largest absolute Gasteiger partial charge is 0.480 e. The molecule has 0 aliphatic carbocycles. The molecular weight excluding hydrogens is 587 g/mol. The molecule has 248 valence electrons. The summed E-state index contributed by atoms with van der Waals surface area (Å²) in [5.74, 6) is -2.81. The number of carboxylic acids is 1. The van der Waals surface area contributed by atoms with E-state index >= 15 is 0 Å². The highest BCUT2D eigenvalue weighted by molar-refractivity contribution is 5.93. The van der Waals surface area contributed by atoms with Gasteiger partial charge in [-0.25, -0.2) is 18.8 Å². The number of carbonyl (C=O) groups is 5. The number of carbonyl (C=O) groups excluding carboxylic acids is 4. The van der Waals surface area contributed by atoms with Gasteiger partial charge in [-0.1, -0.05) is 57.1 Å². The predicted octanol–water partition coefficient (Wildman–Crippen LogP) is 4.23. The predicted molar refractivity (Wildman–Crippen MR) is 160 cm³/mol. The number of amides is 4. The number of nitrogens with one attached hydrogen (secondary N) is 2. The maximum Gasteiger partial charge on any atom is 0.410 e. The van der Waals surface area contributed by atoms with Crippen LogP contribution < -0.4 is 10.6 Å². The van der Waals surface area contributed by atoms with E-state index in [0.29, 0.717) is 30.4 Å². The van der Waals surface area contributed by atoms with Gasteiger partial charge in [0.1, 0.15) is 35.6 Å². The van der Waals surface area contributed by atoms with Crippen molar-refractivity contribution in [2.45, 2.75) is 128 Å². The van der Waals surface area contributed by atoms with Gasteiger partial charge < -0.3 is 30.1 Å². The smallest absolute Gasteiger partial charge is 0.410 e. The highest BCUT2D eigenvalue weighted by atomic mass is 19.1. The average molecular weight is 633 g/mol. The van der Waals surface area contributed by atoms with Crippen LogP contribution in [0.1, 0.15) is 96.1 Å². The summed E-state index contributed by atoms with van der Waals surface area (Å²) >= 11 is 0. The molecule has 1 aromatic rings. The summed E-state index contributed by atoms with van der Waals surface area (Å²) in [6.07, 6.45) is 3.88. The van der Waals surface area contributed by atoms with Crippen LogP contribution in [0, 0.1) is 5.82 Å². The Morgan fingerprint density at radius 1 is 1.00 bits per heavy atom. The van der Waals surface area contributed by atoms with Crippen LogP contribution in [0.2, 0.25) is 0 Å². The zero-order chi connectivity index (χ0) is 32.7. The maximum absolute atomic E-state index is 14.3. The van der Waals surface area contributed by atoms with Crippen molar-refractivity contribution in [3.8, 4) is 0 Å². The lowest BCUT2D eigenvalue weighted by atomic mass is 10.0. The maximum atomic E-state index is 14.3. The van der Waals surface area contributed by atoms with Crippen molar-refractivity contribution in [1.82, 2.24) is 20.4 Å². The second kappa shape index (κ2) is 14.9. The fraction of sp³-hybridized carbons (Fsp3) is 0.656. The van der Waals surface area contributed by atoms with Crippen LogP contribution in [-0.4, -0.2) is 81.3 Å². The molecule has 3 aliphatic heterocycles. The van der Waals surface area contributed by atoms with Crippen molar-refractivity contribution < 1.29 is 42.9 Å². The van der Waals surface area contributed by atoms with E-state index in [1.165, 1.54) is 15.9 Å². The van der Waals surface area contributed by atoms with Crippen LogP contribution in [0.5, 0.6) is 0 Å². The number of carboxylic acid groups (broad SMARTS) is 1. The summed E-state index contributed by atoms with van der Waals surface area (Å²) in [4.78, 5) is 68.1. The minimum atomic E-state index is -1.17. The molecule has 4 rings (SSSR count). The lowest BCUT2D eigenvalue weighted by Gasteiger charge is -2.30. The number of ether oxygens (including phenoxy) is 2. The van der Waals surface area contributed by atoms with Crippen LogP contribution in [0.4, 0.5) is 14.0 Å². The number of halogens is 1. The Morgan fingerprint density at radius 2 is 1.67 bits per heavy atom. The van der Waals surface area contributed by atoms with Gasteiger partial charge in [0.25, 0.3) is 0 Å². The number of hydrogen-bond donors (Lipinski definition) is 3. The highest BCUT2D eigenvalue weighted by Gasteiger charge is 2.45. The molecule has 3 N–H and O–H groups in total. The fourth-order valence-electron chi connectivity index (χ4n) is 6.12. The van der Waals surface area contributed by atoms with Crippen LogP contribution in [0.3, 0.4) is 0 Å². The van der Waals surface area contributed by atoms with Gasteiger partial charge in [0, 0.05) is 18.5 Å². The molecule has 0 bridgehead atoms. The SMILES string of the molecule is CC(C)(C)OC(=O)NC1CCCCCCCCCC(C(=O)O)NC(=O)C2CC(OC(=O)N3Cc4cccc(F)c4C3)CN2C1=O. The zero-order valence-electron chi connectivity index (χ0n) is 26.3. The molecule has 4 atom stereocenters. The molecule has 0 saturated carbocycles. The summed E-state index contributed by atoms with van der Waals surface area (Å²) < 4.78 is 25.4. The van der Waals surface area contributed by atoms with Gasteiger partial charge in [-0.05, 0) is 45.2 Å². The van der Waals surface area contributed by atoms with E-state index < -0.39 is 65.6 Å². The number of hydrogen-bond acceptors (Lipinski definition) is 7. The van der Waals surface area contributed by atoms with Crippen LogP contribution in [0.15, 0.2) is 18.2 Å². The molecule has 0 spiro atoms. The van der Waals surface area contributed by atoms with E-state index in [1.807, 2.05) is 0 Å². The van der Waals surface area contributed by atoms with Gasteiger partial charge in [-0.2, -0.15) is 0 Å². The van der Waals surface area contributed by atoms with E-state index in [1.54, 1.807) is 32.9 Å². The molecule has 12 nitrogen and oxygen atoms in total. The van der Waals surface area contributed by atoms with Crippen molar-refractivity contribution >= 4 is 30.0 Å². The van der Waals surface area contributed by atoms with E-state index in [0.717, 1.165) is 32.1 Å². The first kappa shape index (κ1) is 34.0. The zero-order valence-corrected chi connectivity index (χ0v) is 26.3. The third kappa shape index (κ3) is 9.30. The molecule has 0 radical (unpaired) electrons. The summed E-state index contributed by atoms with van der Waals surface area (Å²) in [6, 6.07) is 1.35. The molecule has 4 unspecified atom stereocenters. The minimum Gasteiger partial charge on any atom is -0.480 e. The van der Waals surface area contributed by atoms with E-state index in [9.17, 15) is 33.5 Å². The molecule has 4 amide bonds. The Hall–Kier alpha value is -3.90. The number of rotatable bonds is 3. The van der Waals surface area contributed by atoms with Crippen molar-refractivity contribution in [3.05, 3.63) is 35.1 Å². The second-order valence-electron chi connectivity index (χ2n) is 13.1. The molecule has 1 aromatic carbocycles. The van der Waals surface area contributed by atoms with Gasteiger partial charge in [0.15, 0.2) is 0 Å². The Bertz CT molecular complexity index is 1270. The molecular formula is C32H45FN4O8. The van der Waals surface area contributed by atoms with Gasteiger partial charge >= 0.3 is 18.2 Å². The molecule has 2 fully saturated rings. The number of fused-ring (bicyclic) bond motifs is 2. The number of nitrogens with zero attached hydrogens (tertiary/aromatic N) is 2. The van der Waals surface area contributed by atoms with E-state index in [4.69, 9.17) is 9.47 Å². The first-order valence-corrected chi connectivity index (χ1v) is 15.9. The first-order chi connectivity index (χ1) is 21.3. The van der Waals surface area contributed by atoms with Crippen LogP contribution >= 0.6 is 0 Å². The number of benzene rings is 1. The van der Waals surface area contributed by atoms with E-state index in [-0.39, 0.29) is 32.5 Å². The average Bonchev–Trinajstić information content (AvgIpc) is 3.58. The molecule has 0 aromatic heterocycles. The second-order valence-corrected chi connectivity index (χ2v) is 13.1. The van der Waals surface area contributed by atoms with Crippen LogP contribution in [-0.2, 0) is 36.9 Å². The van der Waals surface area contributed by atoms with Crippen molar-refractivity contribution in [1.29, 1.82) is 0 Å². The monoisotopic (exact) mass is 632 g/mol. The lowest BCUT2D eigenvalue weighted by Crippen LogP contribution is -2.55. The van der Waals surface area contributed by atoms with E-state index in [2.05, 4.69) is 10.6 Å². The number of aliphatic carboxylic acids is 1. The van der Waals surface area contributed by atoms with Gasteiger partial charge in [-0.15, -0.1) is 0 Å². The van der Waals surface area contributed by atoms with Crippen molar-refractivity contribution in [2.75, 3.05) is 6.54 Å². The number of alkyl carbamates (subject to hydrolysis) is 1. The summed E-state index contributed by atoms with van der Waals surface area (Å²) in [5.41, 5.74) is 0.284. The topological polar surface area (TPSA) is 155 Å². The third-order valence-corrected chi connectivity index (χ3v) is 8.39. The van der Waals surface area contributed by atoms with Gasteiger partial charge in [0.2, 0.25) is 11.8 Å². The molecule has 2 saturated heterocycles. The molecule has 45 heavy (non-hydrogen) atoms. The molecule has 3 aliphatic rings. The Kier molecular flexibility index (Phi) is 11.3. The summed E-state index contributed by atoms with van der Waals surface area (Å²) in [5, 5.41) is 15.1. The van der Waals surface area contributed by atoms with Crippen molar-refractivity contribution in [2.24, 2.45) is 0 Å². The normalized spacial score (nSPS) is 25.2. The molecule has 3 heterocycles. The van der Waals surface area contributed by atoms with Crippen LogP contribution in [0.25, 0.3) is 0 Å². The quantitative estimate of drug-likeness (QED) is 0.447. The summed E-state index contributed by atoms with van der Waals surface area (Å²) in [7, 11) is 0. The molecule has 13 heteroatoms. The Balaban J connectivity index is 1.54. The standard InChI is InChI=1S/C32H45FN4O8/c1-32(2,3)45-30(42)35-24-14-9-7-5-4-6-8-10-15-25(29(40)41)34-27(38)26-16-21(18-37(26)28(24)39)44-31(43)36-17-20-12-11-13-23(33)22(20)19-36/h11-13,21,24-26H,4-10,14-19H2,1-3H3,(H,34,38)(H,35,42)(H,40,41).